The van der Waals surface area contributed by atoms with Crippen LogP contribution in [0.1, 0.15) is 24.8 Å². The first-order chi connectivity index (χ1) is 13.8. The number of benzene rings is 1. The van der Waals surface area contributed by atoms with Gasteiger partial charge in [-0.2, -0.15) is 4.99 Å². The van der Waals surface area contributed by atoms with E-state index in [1.54, 1.807) is 7.11 Å². The molecular weight excluding hydrogens is 416 g/mol. The molecule has 1 aromatic carbocycles. The van der Waals surface area contributed by atoms with Crippen LogP contribution in [0, 0.1) is 0 Å². The fourth-order valence-corrected chi connectivity index (χ4v) is 7.49. The second-order valence-corrected chi connectivity index (χ2v) is 10.5. The summed E-state index contributed by atoms with van der Waals surface area (Å²) in [5, 5.41) is 9.12. The number of hydrogen-bond acceptors (Lipinski definition) is 6. The van der Waals surface area contributed by atoms with Crippen molar-refractivity contribution >= 4 is 38.6 Å². The first kappa shape index (κ1) is 21.6. The van der Waals surface area contributed by atoms with E-state index >= 15 is 0 Å². The first-order valence-electron chi connectivity index (χ1n) is 9.37. The molecule has 0 unspecified atom stereocenters. The van der Waals surface area contributed by atoms with Gasteiger partial charge in [0.2, 0.25) is 5.91 Å². The van der Waals surface area contributed by atoms with Gasteiger partial charge >= 0.3 is 5.97 Å². The van der Waals surface area contributed by atoms with Gasteiger partial charge in [0.15, 0.2) is 15.0 Å². The maximum atomic E-state index is 12.2. The van der Waals surface area contributed by atoms with E-state index < -0.39 is 15.8 Å². The number of sulfone groups is 1. The Kier molecular flexibility index (Phi) is 6.84. The number of hydrogen-bond donors (Lipinski definition) is 1. The van der Waals surface area contributed by atoms with Crippen LogP contribution in [0.3, 0.4) is 0 Å². The number of ether oxygens (including phenoxy) is 1. The number of amidine groups is 1. The molecule has 2 aliphatic heterocycles. The monoisotopic (exact) mass is 440 g/mol. The zero-order valence-electron chi connectivity index (χ0n) is 16.1. The fraction of sp³-hybridized carbons (Fsp3) is 0.526. The van der Waals surface area contributed by atoms with E-state index in [4.69, 9.17) is 9.84 Å². The van der Waals surface area contributed by atoms with E-state index in [0.717, 1.165) is 11.3 Å². The molecule has 29 heavy (non-hydrogen) atoms. The quantitative estimate of drug-likeness (QED) is 0.648. The minimum atomic E-state index is -3.09. The molecule has 2 saturated heterocycles. The standard InChI is InChI=1S/C19H24N2O6S2/c1-27-14-7-5-13(6-8-14)9-10-21-15-11-29(25,26)12-16(15)28-19(21)20-17(22)3-2-4-18(23)24/h5-8,15-16H,2-4,9-12H2,1H3,(H,23,24)/t15-,16+/m1/s1. The summed E-state index contributed by atoms with van der Waals surface area (Å²) >= 11 is 1.34. The van der Waals surface area contributed by atoms with Gasteiger partial charge in [-0.15, -0.1) is 0 Å². The molecule has 158 valence electrons. The van der Waals surface area contributed by atoms with Crippen LogP contribution in [-0.2, 0) is 25.8 Å². The Hall–Kier alpha value is -2.07. The molecule has 1 aromatic rings. The molecule has 0 aromatic heterocycles. The molecule has 2 fully saturated rings. The van der Waals surface area contributed by atoms with Crippen LogP contribution >= 0.6 is 11.8 Å². The molecule has 2 atom stereocenters. The van der Waals surface area contributed by atoms with Crippen molar-refractivity contribution in [2.24, 2.45) is 4.99 Å². The molecule has 1 amide bonds. The Morgan fingerprint density at radius 3 is 2.62 bits per heavy atom. The molecule has 0 aliphatic carbocycles. The summed E-state index contributed by atoms with van der Waals surface area (Å²) in [7, 11) is -1.49. The molecule has 3 rings (SSSR count). The Bertz CT molecular complexity index is 898. The summed E-state index contributed by atoms with van der Waals surface area (Å²) in [6.07, 6.45) is 0.910. The number of carbonyl (C=O) groups excluding carboxylic acids is 1. The molecule has 10 heteroatoms. The number of nitrogens with zero attached hydrogens (tertiary/aromatic N) is 2. The van der Waals surface area contributed by atoms with Gasteiger partial charge in [0.1, 0.15) is 5.75 Å². The van der Waals surface area contributed by atoms with Crippen molar-refractivity contribution < 1.29 is 27.9 Å². The summed E-state index contributed by atoms with van der Waals surface area (Å²) in [6, 6.07) is 7.47. The minimum absolute atomic E-state index is 0.0658. The van der Waals surface area contributed by atoms with Gasteiger partial charge in [0.25, 0.3) is 0 Å². The van der Waals surface area contributed by atoms with E-state index in [0.29, 0.717) is 18.1 Å². The molecular formula is C19H24N2O6S2. The number of carboxylic acid groups (broad SMARTS) is 1. The summed E-state index contributed by atoms with van der Waals surface area (Å²) < 4.78 is 29.3. The smallest absolute Gasteiger partial charge is 0.303 e. The highest BCUT2D eigenvalue weighted by atomic mass is 32.2. The molecule has 1 N–H and O–H groups in total. The van der Waals surface area contributed by atoms with Crippen LogP contribution in [-0.4, -0.2) is 71.9 Å². The van der Waals surface area contributed by atoms with Gasteiger partial charge in [-0.05, 0) is 30.5 Å². The molecule has 2 heterocycles. The van der Waals surface area contributed by atoms with Gasteiger partial charge in [-0.1, -0.05) is 23.9 Å². The number of thioether (sulfide) groups is 1. The van der Waals surface area contributed by atoms with Crippen LogP contribution < -0.4 is 4.74 Å². The average Bonchev–Trinajstić information content (AvgIpc) is 3.11. The van der Waals surface area contributed by atoms with Gasteiger partial charge in [0.05, 0.1) is 24.7 Å². The van der Waals surface area contributed by atoms with Gasteiger partial charge in [-0.3, -0.25) is 9.59 Å². The predicted octanol–water partition coefficient (Wildman–Crippen LogP) is 1.59. The third kappa shape index (κ3) is 5.72. The number of carbonyl (C=O) groups is 2. The van der Waals surface area contributed by atoms with Crippen molar-refractivity contribution in [1.82, 2.24) is 4.90 Å². The number of rotatable bonds is 8. The molecule has 0 spiro atoms. The first-order valence-corrected chi connectivity index (χ1v) is 12.1. The fourth-order valence-electron chi connectivity index (χ4n) is 3.49. The maximum absolute atomic E-state index is 12.2. The zero-order chi connectivity index (χ0) is 21.0. The van der Waals surface area contributed by atoms with Gasteiger partial charge < -0.3 is 14.7 Å². The predicted molar refractivity (Wildman–Crippen MR) is 111 cm³/mol. The van der Waals surface area contributed by atoms with Crippen molar-refractivity contribution in [3.05, 3.63) is 29.8 Å². The van der Waals surface area contributed by atoms with Crippen LogP contribution in [0.2, 0.25) is 0 Å². The SMILES string of the molecule is COc1ccc(CCN2C(=NC(=O)CCCC(=O)O)S[C@H]3CS(=O)(=O)C[C@H]32)cc1. The maximum Gasteiger partial charge on any atom is 0.303 e. The van der Waals surface area contributed by atoms with E-state index in [1.165, 1.54) is 11.8 Å². The molecule has 2 aliphatic rings. The third-order valence-electron chi connectivity index (χ3n) is 4.98. The van der Waals surface area contributed by atoms with E-state index in [-0.39, 0.29) is 48.0 Å². The molecule has 0 radical (unpaired) electrons. The lowest BCUT2D eigenvalue weighted by atomic mass is 10.1. The number of carboxylic acids is 1. The summed E-state index contributed by atoms with van der Waals surface area (Å²) in [5.41, 5.74) is 1.08. The van der Waals surface area contributed by atoms with Crippen LogP contribution in [0.4, 0.5) is 0 Å². The van der Waals surface area contributed by atoms with Crippen molar-refractivity contribution in [2.75, 3.05) is 25.2 Å². The Labute approximate surface area is 174 Å². The third-order valence-corrected chi connectivity index (χ3v) is 8.22. The van der Waals surface area contributed by atoms with Crippen molar-refractivity contribution in [3.8, 4) is 5.75 Å². The number of methoxy groups -OCH3 is 1. The molecule has 0 bridgehead atoms. The largest absolute Gasteiger partial charge is 0.497 e. The van der Waals surface area contributed by atoms with Gasteiger partial charge in [-0.25, -0.2) is 8.42 Å². The number of aliphatic carboxylic acids is 1. The van der Waals surface area contributed by atoms with Crippen molar-refractivity contribution in [2.45, 2.75) is 37.0 Å². The average molecular weight is 441 g/mol. The van der Waals surface area contributed by atoms with Crippen LogP contribution in [0.25, 0.3) is 0 Å². The Balaban J connectivity index is 1.70. The molecule has 8 nitrogen and oxygen atoms in total. The second kappa shape index (κ2) is 9.17. The summed E-state index contributed by atoms with van der Waals surface area (Å²) in [6.45, 7) is 0.553. The number of amides is 1. The Morgan fingerprint density at radius 1 is 1.24 bits per heavy atom. The topological polar surface area (TPSA) is 113 Å². The van der Waals surface area contributed by atoms with Crippen LogP contribution in [0.15, 0.2) is 29.3 Å². The summed E-state index contributed by atoms with van der Waals surface area (Å²) in [4.78, 5) is 28.9. The highest BCUT2D eigenvalue weighted by Gasteiger charge is 2.48. The Morgan fingerprint density at radius 2 is 1.97 bits per heavy atom. The van der Waals surface area contributed by atoms with E-state index in [9.17, 15) is 18.0 Å². The lowest BCUT2D eigenvalue weighted by Crippen LogP contribution is -2.39. The molecule has 0 saturated carbocycles. The zero-order valence-corrected chi connectivity index (χ0v) is 17.7. The lowest BCUT2D eigenvalue weighted by molar-refractivity contribution is -0.137. The number of fused-ring (bicyclic) bond motifs is 1. The summed E-state index contributed by atoms with van der Waals surface area (Å²) in [5.74, 6) is -0.387. The normalized spacial score (nSPS) is 23.9. The number of aliphatic imine (C=N–C) groups is 1. The minimum Gasteiger partial charge on any atom is -0.497 e. The highest BCUT2D eigenvalue weighted by Crippen LogP contribution is 2.38. The second-order valence-electron chi connectivity index (χ2n) is 7.13. The highest BCUT2D eigenvalue weighted by molar-refractivity contribution is 8.15. The van der Waals surface area contributed by atoms with E-state index in [1.807, 2.05) is 29.2 Å². The lowest BCUT2D eigenvalue weighted by Gasteiger charge is -2.24. The van der Waals surface area contributed by atoms with Gasteiger partial charge in [0, 0.05) is 24.6 Å². The van der Waals surface area contributed by atoms with Crippen molar-refractivity contribution in [1.29, 1.82) is 0 Å². The van der Waals surface area contributed by atoms with Crippen molar-refractivity contribution in [3.63, 3.8) is 0 Å². The van der Waals surface area contributed by atoms with E-state index in [2.05, 4.69) is 4.99 Å². The van der Waals surface area contributed by atoms with Crippen LogP contribution in [0.5, 0.6) is 5.75 Å².